The Kier molecular flexibility index (Phi) is 8.91. The van der Waals surface area contributed by atoms with E-state index in [9.17, 15) is 20.4 Å². The van der Waals surface area contributed by atoms with Crippen molar-refractivity contribution < 1.29 is 42.1 Å². The van der Waals surface area contributed by atoms with E-state index in [1.165, 1.54) is 0 Å². The van der Waals surface area contributed by atoms with E-state index in [-0.39, 0.29) is 44.7 Å². The van der Waals surface area contributed by atoms with Crippen LogP contribution in [0.1, 0.15) is 11.1 Å². The van der Waals surface area contributed by atoms with Gasteiger partial charge in [0.2, 0.25) is 0 Å². The number of hydrogen-bond acceptors (Lipinski definition) is 4. The molecule has 0 unspecified atom stereocenters. The average molecular weight is 699 g/mol. The van der Waals surface area contributed by atoms with Gasteiger partial charge in [0.05, 0.1) is 0 Å². The molecule has 0 atom stereocenters. The summed E-state index contributed by atoms with van der Waals surface area (Å²) in [5.74, 6) is -0.0297. The zero-order valence-electron chi connectivity index (χ0n) is 28.1. The number of fused-ring (bicyclic) bond motifs is 2. The molecular formula is C46H34O4Ti. The quantitative estimate of drug-likeness (QED) is 0.135. The third-order valence-corrected chi connectivity index (χ3v) is 9.55. The minimum Gasteiger partial charge on any atom is -0.507 e. The van der Waals surface area contributed by atoms with Gasteiger partial charge in [-0.2, -0.15) is 0 Å². The molecule has 4 nitrogen and oxygen atoms in total. The first kappa shape index (κ1) is 33.7. The van der Waals surface area contributed by atoms with Crippen LogP contribution >= 0.6 is 0 Å². The maximum absolute atomic E-state index is 12.4. The Morgan fingerprint density at radius 2 is 0.647 bits per heavy atom. The van der Waals surface area contributed by atoms with Crippen molar-refractivity contribution in [3.63, 3.8) is 0 Å². The van der Waals surface area contributed by atoms with Crippen LogP contribution < -0.4 is 0 Å². The maximum Gasteiger partial charge on any atom is 0.132 e. The molecule has 0 aliphatic rings. The van der Waals surface area contributed by atoms with Gasteiger partial charge in [0.1, 0.15) is 23.0 Å². The van der Waals surface area contributed by atoms with Gasteiger partial charge in [-0.1, -0.05) is 109 Å². The molecule has 0 aliphatic heterocycles. The minimum atomic E-state index is -0.0698. The number of aromatic hydroxyl groups is 4. The second-order valence-electron chi connectivity index (χ2n) is 12.9. The first-order chi connectivity index (χ1) is 24.3. The van der Waals surface area contributed by atoms with Crippen LogP contribution in [0, 0.1) is 13.8 Å². The van der Waals surface area contributed by atoms with Crippen LogP contribution in [0.3, 0.4) is 0 Å². The predicted molar refractivity (Wildman–Crippen MR) is 205 cm³/mol. The van der Waals surface area contributed by atoms with Crippen LogP contribution in [-0.4, -0.2) is 20.4 Å². The Balaban J connectivity index is 0.00000406. The van der Waals surface area contributed by atoms with Crippen LogP contribution in [0.4, 0.5) is 0 Å². The Bertz CT molecular complexity index is 2410. The fourth-order valence-electron chi connectivity index (χ4n) is 7.23. The summed E-state index contributed by atoms with van der Waals surface area (Å²) < 4.78 is 0. The van der Waals surface area contributed by atoms with Gasteiger partial charge in [-0.15, -0.1) is 0 Å². The third kappa shape index (κ3) is 5.83. The molecule has 0 spiro atoms. The SMILES string of the molecule is Cc1cc(-c2ccccc2)c(O)c(-c2cc3ccccc3c(-c3c(O)c(-c4cc(C)cc(-c5ccccc5)c4O)cc4ccccc34)c2O)c1.[Ti]. The van der Waals surface area contributed by atoms with E-state index in [2.05, 4.69) is 0 Å². The van der Waals surface area contributed by atoms with Crippen LogP contribution in [0.15, 0.2) is 146 Å². The molecule has 0 fully saturated rings. The van der Waals surface area contributed by atoms with Crippen molar-refractivity contribution in [1.29, 1.82) is 0 Å². The van der Waals surface area contributed by atoms with Gasteiger partial charge in [0.15, 0.2) is 0 Å². The summed E-state index contributed by atoms with van der Waals surface area (Å²) in [5.41, 5.74) is 7.61. The van der Waals surface area contributed by atoms with Crippen LogP contribution in [0.5, 0.6) is 23.0 Å². The van der Waals surface area contributed by atoms with Crippen LogP contribution in [0.2, 0.25) is 0 Å². The van der Waals surface area contributed by atoms with Gasteiger partial charge in [0, 0.05) is 66.2 Å². The predicted octanol–water partition coefficient (Wildman–Crippen LogP) is 11.8. The minimum absolute atomic E-state index is 0. The van der Waals surface area contributed by atoms with Crippen molar-refractivity contribution in [2.24, 2.45) is 0 Å². The van der Waals surface area contributed by atoms with Gasteiger partial charge in [-0.05, 0) is 94.0 Å². The standard InChI is InChI=1S/C46H34O4.Ti/c1-27-21-35(29-13-5-3-6-14-29)43(47)37(23-27)39-25-31-17-9-11-19-33(31)41(45(39)49)42-34-20-12-10-18-32(34)26-40(46(42)50)38-24-28(2)22-36(44(38)48)30-15-7-4-8-16-30;/h3-26,47-50H,1-2H3;. The molecular weight excluding hydrogens is 664 g/mol. The number of rotatable bonds is 5. The molecule has 0 bridgehead atoms. The molecule has 8 rings (SSSR count). The first-order valence-corrected chi connectivity index (χ1v) is 16.6. The molecule has 4 N–H and O–H groups in total. The van der Waals surface area contributed by atoms with E-state index in [4.69, 9.17) is 0 Å². The van der Waals surface area contributed by atoms with Crippen molar-refractivity contribution in [2.45, 2.75) is 13.8 Å². The summed E-state index contributed by atoms with van der Waals surface area (Å²) in [4.78, 5) is 0. The van der Waals surface area contributed by atoms with E-state index in [0.717, 1.165) is 43.8 Å². The van der Waals surface area contributed by atoms with Crippen molar-refractivity contribution >= 4 is 21.5 Å². The number of hydrogen-bond donors (Lipinski definition) is 4. The molecule has 51 heavy (non-hydrogen) atoms. The van der Waals surface area contributed by atoms with Gasteiger partial charge in [0.25, 0.3) is 0 Å². The summed E-state index contributed by atoms with van der Waals surface area (Å²) in [5, 5.41) is 51.6. The van der Waals surface area contributed by atoms with E-state index in [1.54, 1.807) is 0 Å². The molecule has 8 aromatic carbocycles. The van der Waals surface area contributed by atoms with Crippen LogP contribution in [0.25, 0.3) is 77.2 Å². The number of benzene rings is 8. The molecule has 0 radical (unpaired) electrons. The number of phenolic OH excluding ortho intramolecular Hbond substituents is 4. The summed E-state index contributed by atoms with van der Waals surface area (Å²) in [7, 11) is 0. The first-order valence-electron chi connectivity index (χ1n) is 16.6. The van der Waals surface area contributed by atoms with Crippen molar-refractivity contribution in [3.05, 3.63) is 157 Å². The molecule has 0 aromatic heterocycles. The van der Waals surface area contributed by atoms with Gasteiger partial charge < -0.3 is 20.4 Å². The molecule has 5 heteroatoms. The molecule has 0 saturated carbocycles. The Morgan fingerprint density at radius 1 is 0.333 bits per heavy atom. The molecule has 0 heterocycles. The Morgan fingerprint density at radius 3 is 1.04 bits per heavy atom. The largest absolute Gasteiger partial charge is 0.507 e. The van der Waals surface area contributed by atoms with E-state index >= 15 is 0 Å². The van der Waals surface area contributed by atoms with Gasteiger partial charge >= 0.3 is 0 Å². The second kappa shape index (κ2) is 13.5. The monoisotopic (exact) mass is 698 g/mol. The zero-order chi connectivity index (χ0) is 34.5. The van der Waals surface area contributed by atoms with E-state index in [0.29, 0.717) is 44.5 Å². The van der Waals surface area contributed by atoms with Gasteiger partial charge in [-0.25, -0.2) is 0 Å². The number of aryl methyl sites for hydroxylation is 2. The fraction of sp³-hybridized carbons (Fsp3) is 0.0435. The Labute approximate surface area is 311 Å². The Hall–Kier alpha value is -5.81. The van der Waals surface area contributed by atoms with Crippen molar-refractivity contribution in [3.8, 4) is 78.6 Å². The van der Waals surface area contributed by atoms with Crippen molar-refractivity contribution in [2.75, 3.05) is 0 Å². The fourth-order valence-corrected chi connectivity index (χ4v) is 7.23. The van der Waals surface area contributed by atoms with Gasteiger partial charge in [-0.3, -0.25) is 0 Å². The van der Waals surface area contributed by atoms with Crippen LogP contribution in [-0.2, 0) is 21.7 Å². The average Bonchev–Trinajstić information content (AvgIpc) is 3.14. The molecule has 8 aromatic rings. The zero-order valence-corrected chi connectivity index (χ0v) is 29.7. The van der Waals surface area contributed by atoms with E-state index in [1.807, 2.05) is 159 Å². The second-order valence-corrected chi connectivity index (χ2v) is 12.9. The molecule has 246 valence electrons. The summed E-state index contributed by atoms with van der Waals surface area (Å²) in [6.45, 7) is 3.93. The van der Waals surface area contributed by atoms with E-state index < -0.39 is 0 Å². The topological polar surface area (TPSA) is 80.9 Å². The summed E-state index contributed by atoms with van der Waals surface area (Å²) >= 11 is 0. The smallest absolute Gasteiger partial charge is 0.132 e. The summed E-state index contributed by atoms with van der Waals surface area (Å²) in [6, 6.07) is 46.2. The summed E-state index contributed by atoms with van der Waals surface area (Å²) in [6.07, 6.45) is 0. The number of phenols is 4. The van der Waals surface area contributed by atoms with Crippen molar-refractivity contribution in [1.82, 2.24) is 0 Å². The third-order valence-electron chi connectivity index (χ3n) is 9.55. The molecule has 0 saturated heterocycles. The molecule has 0 aliphatic carbocycles. The normalized spacial score (nSPS) is 11.1. The maximum atomic E-state index is 12.4. The molecule has 0 amide bonds.